The summed E-state index contributed by atoms with van der Waals surface area (Å²) in [5, 5.41) is 0.0196. The molecule has 2 rings (SSSR count). The number of thioether (sulfide) groups is 1. The van der Waals surface area contributed by atoms with Gasteiger partial charge in [0.1, 0.15) is 5.70 Å². The van der Waals surface area contributed by atoms with Crippen LogP contribution in [-0.2, 0) is 19.1 Å². The predicted octanol–water partition coefficient (Wildman–Crippen LogP) is 1.04. The molecule has 18 heavy (non-hydrogen) atoms. The molecule has 102 valence electrons. The minimum absolute atomic E-state index is 0.0196. The topological polar surface area (TPSA) is 63.7 Å². The summed E-state index contributed by atoms with van der Waals surface area (Å²) in [5.74, 6) is -1.03. The van der Waals surface area contributed by atoms with Gasteiger partial charge in [0.05, 0.1) is 5.37 Å². The number of carbonyl (C=O) groups is 1. The van der Waals surface area contributed by atoms with Gasteiger partial charge in [0.2, 0.25) is 0 Å². The van der Waals surface area contributed by atoms with Gasteiger partial charge in [-0.1, -0.05) is 0 Å². The fraction of sp³-hybridized carbons (Fsp3) is 0.625. The van der Waals surface area contributed by atoms with Gasteiger partial charge in [0.25, 0.3) is 0 Å². The van der Waals surface area contributed by atoms with Gasteiger partial charge in [0.15, 0.2) is 0 Å². The average Bonchev–Trinajstić information content (AvgIpc) is 2.16. The number of halogens is 3. The molecular formula is C8H8F3NO4S2. The lowest BCUT2D eigenvalue weighted by atomic mass is 10.2. The molecule has 2 aliphatic rings. The van der Waals surface area contributed by atoms with Gasteiger partial charge in [-0.3, -0.25) is 0 Å². The zero-order chi connectivity index (χ0) is 13.6. The number of carbonyl (C=O) groups excluding carboxylic acids is 1. The Morgan fingerprint density at radius 2 is 2.17 bits per heavy atom. The van der Waals surface area contributed by atoms with Crippen LogP contribution in [0.25, 0.3) is 0 Å². The van der Waals surface area contributed by atoms with E-state index >= 15 is 0 Å². The molecule has 0 aromatic carbocycles. The van der Waals surface area contributed by atoms with Gasteiger partial charge in [0, 0.05) is 12.3 Å². The van der Waals surface area contributed by atoms with Gasteiger partial charge in [-0.05, 0) is 12.5 Å². The molecule has 2 heterocycles. The van der Waals surface area contributed by atoms with Crippen LogP contribution in [0, 0.1) is 0 Å². The molecule has 0 saturated carbocycles. The molecule has 5 nitrogen and oxygen atoms in total. The first-order valence-corrected chi connectivity index (χ1v) is 7.31. The van der Waals surface area contributed by atoms with E-state index < -0.39 is 21.6 Å². The van der Waals surface area contributed by atoms with Crippen LogP contribution in [-0.4, -0.2) is 42.5 Å². The summed E-state index contributed by atoms with van der Waals surface area (Å²) < 4.78 is 61.1. The van der Waals surface area contributed by atoms with Gasteiger partial charge in [-0.25, -0.2) is 4.79 Å². The third kappa shape index (κ3) is 2.30. The lowest BCUT2D eigenvalue weighted by Crippen LogP contribution is -2.49. The predicted molar refractivity (Wildman–Crippen MR) is 56.7 cm³/mol. The van der Waals surface area contributed by atoms with Gasteiger partial charge in [-0.2, -0.15) is 21.6 Å². The van der Waals surface area contributed by atoms with E-state index in [1.165, 1.54) is 22.7 Å². The number of nitrogens with zero attached hydrogens (tertiary/aromatic N) is 1. The second-order valence-corrected chi connectivity index (χ2v) is 6.38. The number of rotatable bonds is 2. The molecule has 1 unspecified atom stereocenters. The standard InChI is InChI=1S/C8H8F3NO4S2/c9-8(10,11)18(14,15)16-7(13)5-2-4-17-6-1-3-12(5)6/h2,6H,1,3-4H2. The summed E-state index contributed by atoms with van der Waals surface area (Å²) in [7, 11) is -5.89. The molecule has 1 atom stereocenters. The molecule has 10 heteroatoms. The summed E-state index contributed by atoms with van der Waals surface area (Å²) in [5.41, 5.74) is -5.71. The molecule has 0 radical (unpaired) electrons. The third-order valence-electron chi connectivity index (χ3n) is 2.52. The molecule has 0 aliphatic carbocycles. The largest absolute Gasteiger partial charge is 0.534 e. The molecule has 0 bridgehead atoms. The summed E-state index contributed by atoms with van der Waals surface area (Å²) >= 11 is 1.53. The van der Waals surface area contributed by atoms with Crippen LogP contribution >= 0.6 is 11.8 Å². The SMILES string of the molecule is O=C(OS(=O)(=O)C(F)(F)F)C1=CCSC2CCN12. The quantitative estimate of drug-likeness (QED) is 0.561. The van der Waals surface area contributed by atoms with Crippen molar-refractivity contribution in [3.8, 4) is 0 Å². The van der Waals surface area contributed by atoms with Crippen molar-refractivity contribution in [2.24, 2.45) is 0 Å². The van der Waals surface area contributed by atoms with Crippen molar-refractivity contribution in [3.05, 3.63) is 11.8 Å². The van der Waals surface area contributed by atoms with E-state index in [9.17, 15) is 26.4 Å². The maximum atomic E-state index is 12.0. The first kappa shape index (κ1) is 13.5. The zero-order valence-corrected chi connectivity index (χ0v) is 10.4. The van der Waals surface area contributed by atoms with E-state index in [1.807, 2.05) is 0 Å². The maximum Gasteiger partial charge on any atom is 0.534 e. The van der Waals surface area contributed by atoms with Crippen molar-refractivity contribution in [1.82, 2.24) is 4.90 Å². The number of hydrogen-bond acceptors (Lipinski definition) is 6. The van der Waals surface area contributed by atoms with Crippen LogP contribution in [0.1, 0.15) is 6.42 Å². The highest BCUT2D eigenvalue weighted by Crippen LogP contribution is 2.36. The Hall–Kier alpha value is -0.900. The molecule has 0 amide bonds. The number of fused-ring (bicyclic) bond motifs is 1. The molecule has 2 aliphatic heterocycles. The molecule has 0 aromatic heterocycles. The minimum Gasteiger partial charge on any atom is -0.354 e. The summed E-state index contributed by atoms with van der Waals surface area (Å²) in [4.78, 5) is 13.0. The van der Waals surface area contributed by atoms with Crippen molar-refractivity contribution in [1.29, 1.82) is 0 Å². The van der Waals surface area contributed by atoms with Crippen LogP contribution in [0.5, 0.6) is 0 Å². The monoisotopic (exact) mass is 303 g/mol. The van der Waals surface area contributed by atoms with Crippen LogP contribution in [0.3, 0.4) is 0 Å². The fourth-order valence-electron chi connectivity index (χ4n) is 1.56. The van der Waals surface area contributed by atoms with Crippen LogP contribution in [0.15, 0.2) is 11.8 Å². The molecule has 0 N–H and O–H groups in total. The first-order valence-electron chi connectivity index (χ1n) is 4.86. The van der Waals surface area contributed by atoms with Crippen molar-refractivity contribution in [3.63, 3.8) is 0 Å². The van der Waals surface area contributed by atoms with E-state index in [0.29, 0.717) is 12.3 Å². The molecule has 0 aromatic rings. The van der Waals surface area contributed by atoms with Crippen molar-refractivity contribution in [2.75, 3.05) is 12.3 Å². The zero-order valence-electron chi connectivity index (χ0n) is 8.81. The summed E-state index contributed by atoms with van der Waals surface area (Å²) in [6.45, 7) is 0.505. The number of alkyl halides is 3. The molecule has 1 fully saturated rings. The van der Waals surface area contributed by atoms with E-state index in [4.69, 9.17) is 0 Å². The Bertz CT molecular complexity index is 499. The molecule has 0 spiro atoms. The van der Waals surface area contributed by atoms with E-state index in [0.717, 1.165) is 6.42 Å². The van der Waals surface area contributed by atoms with E-state index in [1.54, 1.807) is 0 Å². The Balaban J connectivity index is 2.12. The molecule has 1 saturated heterocycles. The highest BCUT2D eigenvalue weighted by Gasteiger charge is 2.50. The summed E-state index contributed by atoms with van der Waals surface area (Å²) in [6.07, 6.45) is 2.18. The van der Waals surface area contributed by atoms with Crippen LogP contribution < -0.4 is 0 Å². The van der Waals surface area contributed by atoms with Gasteiger partial charge >= 0.3 is 21.6 Å². The second-order valence-electron chi connectivity index (χ2n) is 3.63. The van der Waals surface area contributed by atoms with Crippen LogP contribution in [0.4, 0.5) is 13.2 Å². The lowest BCUT2D eigenvalue weighted by molar-refractivity contribution is -0.134. The van der Waals surface area contributed by atoms with Crippen LogP contribution in [0.2, 0.25) is 0 Å². The van der Waals surface area contributed by atoms with E-state index in [-0.39, 0.29) is 11.1 Å². The Morgan fingerprint density at radius 1 is 1.50 bits per heavy atom. The third-order valence-corrected chi connectivity index (χ3v) is 4.69. The maximum absolute atomic E-state index is 12.0. The second kappa shape index (κ2) is 4.34. The van der Waals surface area contributed by atoms with Crippen molar-refractivity contribution in [2.45, 2.75) is 17.3 Å². The van der Waals surface area contributed by atoms with Crippen molar-refractivity contribution >= 4 is 27.8 Å². The van der Waals surface area contributed by atoms with Gasteiger partial charge in [-0.15, -0.1) is 11.8 Å². The highest BCUT2D eigenvalue weighted by molar-refractivity contribution is 8.00. The molecular weight excluding hydrogens is 295 g/mol. The minimum atomic E-state index is -5.89. The van der Waals surface area contributed by atoms with Crippen molar-refractivity contribution < 1.29 is 30.6 Å². The normalized spacial score (nSPS) is 23.8. The van der Waals surface area contributed by atoms with Gasteiger partial charge < -0.3 is 9.08 Å². The lowest BCUT2D eigenvalue weighted by Gasteiger charge is -2.44. The fourth-order valence-corrected chi connectivity index (χ4v) is 3.08. The average molecular weight is 303 g/mol. The first-order chi connectivity index (χ1) is 8.22. The Kier molecular flexibility index (Phi) is 3.26. The Labute approximate surface area is 105 Å². The van der Waals surface area contributed by atoms with E-state index in [2.05, 4.69) is 4.18 Å². The summed E-state index contributed by atoms with van der Waals surface area (Å²) in [6, 6.07) is 0. The highest BCUT2D eigenvalue weighted by atomic mass is 32.2. The number of hydrogen-bond donors (Lipinski definition) is 0. The smallest absolute Gasteiger partial charge is 0.354 e. The Morgan fingerprint density at radius 3 is 2.67 bits per heavy atom.